The lowest BCUT2D eigenvalue weighted by Gasteiger charge is -2.39. The van der Waals surface area contributed by atoms with Gasteiger partial charge in [-0.15, -0.1) is 0 Å². The quantitative estimate of drug-likeness (QED) is 0.646. The van der Waals surface area contributed by atoms with Crippen LogP contribution in [0.15, 0.2) is 24.3 Å². The van der Waals surface area contributed by atoms with Crippen LogP contribution in [0.1, 0.15) is 39.0 Å². The van der Waals surface area contributed by atoms with Gasteiger partial charge in [-0.25, -0.2) is 0 Å². The smallest absolute Gasteiger partial charge is 0.352 e. The van der Waals surface area contributed by atoms with Gasteiger partial charge in [0.05, 0.1) is 25.4 Å². The first kappa shape index (κ1) is 19.9. The van der Waals surface area contributed by atoms with Gasteiger partial charge in [0.2, 0.25) is 0 Å². The summed E-state index contributed by atoms with van der Waals surface area (Å²) in [5.41, 5.74) is 0.880. The van der Waals surface area contributed by atoms with E-state index >= 15 is 0 Å². The van der Waals surface area contributed by atoms with E-state index in [-0.39, 0.29) is 12.2 Å². The zero-order valence-electron chi connectivity index (χ0n) is 14.8. The molecule has 0 amide bonds. The second kappa shape index (κ2) is 8.79. The second-order valence-corrected chi connectivity index (χ2v) is 8.85. The number of morpholine rings is 1. The molecule has 1 fully saturated rings. The van der Waals surface area contributed by atoms with Crippen LogP contribution < -0.4 is 0 Å². The highest BCUT2D eigenvalue weighted by molar-refractivity contribution is 7.54. The van der Waals surface area contributed by atoms with Gasteiger partial charge in [0.1, 0.15) is 5.78 Å². The fraction of sp³-hybridized carbons (Fsp3) is 0.647. The Balaban J connectivity index is 2.44. The first-order valence-electron chi connectivity index (χ1n) is 8.35. The summed E-state index contributed by atoms with van der Waals surface area (Å²) in [6.45, 7) is 10.0. The molecule has 7 heteroatoms. The molecule has 136 valence electrons. The van der Waals surface area contributed by atoms with Crippen molar-refractivity contribution in [1.29, 1.82) is 0 Å². The van der Waals surface area contributed by atoms with E-state index in [0.717, 1.165) is 5.56 Å². The molecule has 0 saturated carbocycles. The summed E-state index contributed by atoms with van der Waals surface area (Å²) >= 11 is 6.02. The number of halogens is 1. The zero-order chi connectivity index (χ0) is 17.7. The van der Waals surface area contributed by atoms with E-state index < -0.39 is 13.4 Å². The molecule has 1 heterocycles. The lowest BCUT2D eigenvalue weighted by atomic mass is 10.2. The van der Waals surface area contributed by atoms with Crippen molar-refractivity contribution < 1.29 is 18.3 Å². The van der Waals surface area contributed by atoms with E-state index in [9.17, 15) is 4.57 Å². The Hall–Kier alpha value is -0.420. The number of hydrogen-bond acceptors (Lipinski definition) is 5. The Morgan fingerprint density at radius 1 is 1.04 bits per heavy atom. The van der Waals surface area contributed by atoms with Crippen LogP contribution in [-0.2, 0) is 18.3 Å². The van der Waals surface area contributed by atoms with Gasteiger partial charge in [0, 0.05) is 18.1 Å². The van der Waals surface area contributed by atoms with Crippen LogP contribution in [0.2, 0.25) is 5.02 Å². The third-order valence-corrected chi connectivity index (χ3v) is 6.48. The summed E-state index contributed by atoms with van der Waals surface area (Å²) in [5, 5.41) is 0.642. The van der Waals surface area contributed by atoms with E-state index in [4.69, 9.17) is 25.4 Å². The fourth-order valence-electron chi connectivity index (χ4n) is 2.78. The average Bonchev–Trinajstić information content (AvgIpc) is 2.48. The first-order valence-corrected chi connectivity index (χ1v) is 10.3. The molecule has 1 aliphatic rings. The molecule has 1 atom stereocenters. The van der Waals surface area contributed by atoms with Gasteiger partial charge in [-0.05, 0) is 45.4 Å². The third-order valence-electron chi connectivity index (χ3n) is 3.57. The van der Waals surface area contributed by atoms with Crippen molar-refractivity contribution in [3.63, 3.8) is 0 Å². The minimum Gasteiger partial charge on any atom is -0.379 e. The molecule has 0 N–H and O–H groups in total. The molecule has 0 radical (unpaired) electrons. The minimum absolute atomic E-state index is 0.203. The van der Waals surface area contributed by atoms with E-state index in [1.807, 2.05) is 39.8 Å². The largest absolute Gasteiger partial charge is 0.379 e. The Kier molecular flexibility index (Phi) is 7.29. The molecular formula is C17H27ClNO4P. The molecule has 1 unspecified atom stereocenters. The second-order valence-electron chi connectivity index (χ2n) is 6.42. The molecule has 0 aromatic heterocycles. The maximum atomic E-state index is 13.8. The fourth-order valence-corrected chi connectivity index (χ4v) is 5.53. The summed E-state index contributed by atoms with van der Waals surface area (Å²) in [7, 11) is -3.42. The standard InChI is InChI=1S/C17H27ClNO4P/c1-13(2)22-24(20,23-14(3)4)17(19-9-11-21-12-10-19)15-5-7-16(18)8-6-15/h5-8,13-14,17H,9-12H2,1-4H3. The number of benzene rings is 1. The van der Waals surface area contributed by atoms with Crippen molar-refractivity contribution in [2.24, 2.45) is 0 Å². The van der Waals surface area contributed by atoms with Crippen molar-refractivity contribution in [2.45, 2.75) is 45.7 Å². The van der Waals surface area contributed by atoms with Gasteiger partial charge in [0.25, 0.3) is 0 Å². The van der Waals surface area contributed by atoms with E-state index in [0.29, 0.717) is 31.3 Å². The molecule has 1 aromatic carbocycles. The SMILES string of the molecule is CC(C)OP(=O)(OC(C)C)C(c1ccc(Cl)cc1)N1CCOCC1. The normalized spacial score (nSPS) is 18.3. The van der Waals surface area contributed by atoms with Gasteiger partial charge >= 0.3 is 7.60 Å². The Morgan fingerprint density at radius 2 is 1.54 bits per heavy atom. The van der Waals surface area contributed by atoms with E-state index in [1.54, 1.807) is 12.1 Å². The van der Waals surface area contributed by atoms with Crippen LogP contribution in [0, 0.1) is 0 Å². The molecule has 0 bridgehead atoms. The summed E-state index contributed by atoms with van der Waals surface area (Å²) in [6, 6.07) is 7.39. The number of nitrogens with zero attached hydrogens (tertiary/aromatic N) is 1. The summed E-state index contributed by atoms with van der Waals surface area (Å²) < 4.78 is 30.9. The molecule has 1 aromatic rings. The van der Waals surface area contributed by atoms with Crippen LogP contribution in [0.5, 0.6) is 0 Å². The first-order chi connectivity index (χ1) is 11.3. The molecule has 1 saturated heterocycles. The van der Waals surface area contributed by atoms with Gasteiger partial charge in [-0.3, -0.25) is 9.46 Å². The monoisotopic (exact) mass is 375 g/mol. The third kappa shape index (κ3) is 5.29. The van der Waals surface area contributed by atoms with Crippen LogP contribution in [0.3, 0.4) is 0 Å². The highest BCUT2D eigenvalue weighted by atomic mass is 35.5. The molecule has 2 rings (SSSR count). The van der Waals surface area contributed by atoms with Crippen molar-refractivity contribution in [3.05, 3.63) is 34.9 Å². The Morgan fingerprint density at radius 3 is 2.00 bits per heavy atom. The molecule has 5 nitrogen and oxygen atoms in total. The molecule has 24 heavy (non-hydrogen) atoms. The van der Waals surface area contributed by atoms with Crippen LogP contribution in [-0.4, -0.2) is 43.4 Å². The Bertz CT molecular complexity index is 544. The topological polar surface area (TPSA) is 48.0 Å². The van der Waals surface area contributed by atoms with Crippen molar-refractivity contribution in [2.75, 3.05) is 26.3 Å². The summed E-state index contributed by atoms with van der Waals surface area (Å²) in [6.07, 6.45) is -0.407. The number of hydrogen-bond donors (Lipinski definition) is 0. The number of rotatable bonds is 7. The highest BCUT2D eigenvalue weighted by Gasteiger charge is 2.43. The summed E-state index contributed by atoms with van der Waals surface area (Å²) in [5.74, 6) is -0.469. The maximum Gasteiger partial charge on any atom is 0.352 e. The lowest BCUT2D eigenvalue weighted by molar-refractivity contribution is 0.0199. The van der Waals surface area contributed by atoms with E-state index in [1.165, 1.54) is 0 Å². The molecular weight excluding hydrogens is 349 g/mol. The summed E-state index contributed by atoms with van der Waals surface area (Å²) in [4.78, 5) is 2.12. The minimum atomic E-state index is -3.42. The van der Waals surface area contributed by atoms with Crippen molar-refractivity contribution in [3.8, 4) is 0 Å². The van der Waals surface area contributed by atoms with Crippen LogP contribution in [0.25, 0.3) is 0 Å². The van der Waals surface area contributed by atoms with Gasteiger partial charge in [0.15, 0.2) is 0 Å². The highest BCUT2D eigenvalue weighted by Crippen LogP contribution is 2.63. The van der Waals surface area contributed by atoms with Crippen LogP contribution in [0.4, 0.5) is 0 Å². The predicted octanol–water partition coefficient (Wildman–Crippen LogP) is 4.71. The van der Waals surface area contributed by atoms with Crippen molar-refractivity contribution >= 4 is 19.2 Å². The van der Waals surface area contributed by atoms with Crippen molar-refractivity contribution in [1.82, 2.24) is 4.90 Å². The van der Waals surface area contributed by atoms with Gasteiger partial charge in [-0.2, -0.15) is 0 Å². The Labute approximate surface area is 149 Å². The molecule has 0 aliphatic carbocycles. The molecule has 1 aliphatic heterocycles. The average molecular weight is 376 g/mol. The maximum absolute atomic E-state index is 13.8. The van der Waals surface area contributed by atoms with E-state index in [2.05, 4.69) is 4.90 Å². The number of ether oxygens (including phenoxy) is 1. The van der Waals surface area contributed by atoms with Crippen LogP contribution >= 0.6 is 19.2 Å². The zero-order valence-corrected chi connectivity index (χ0v) is 16.4. The van der Waals surface area contributed by atoms with Gasteiger partial charge < -0.3 is 13.8 Å². The molecule has 0 spiro atoms. The lowest BCUT2D eigenvalue weighted by Crippen LogP contribution is -2.40. The predicted molar refractivity (Wildman–Crippen MR) is 96.6 cm³/mol. The van der Waals surface area contributed by atoms with Gasteiger partial charge in [-0.1, -0.05) is 23.7 Å².